The Morgan fingerprint density at radius 1 is 0.966 bits per heavy atom. The lowest BCUT2D eigenvalue weighted by Crippen LogP contribution is -2.47. The van der Waals surface area contributed by atoms with Crippen molar-refractivity contribution < 1.29 is 9.18 Å². The number of benzene rings is 2. The Hall–Kier alpha value is -2.80. The number of nitrogens with zero attached hydrogens (tertiary/aromatic N) is 4. The summed E-state index contributed by atoms with van der Waals surface area (Å²) in [7, 11) is 4.00. The van der Waals surface area contributed by atoms with Crippen LogP contribution in [0.3, 0.4) is 0 Å². The third kappa shape index (κ3) is 4.45. The van der Waals surface area contributed by atoms with Crippen LogP contribution in [0.25, 0.3) is 6.08 Å². The van der Waals surface area contributed by atoms with E-state index in [1.54, 1.807) is 12.1 Å². The number of carbonyl (C=O) groups is 1. The molecule has 4 rings (SSSR count). The quantitative estimate of drug-likeness (QED) is 0.722. The van der Waals surface area contributed by atoms with Gasteiger partial charge in [-0.05, 0) is 59.8 Å². The molecule has 1 amide bonds. The number of aliphatic imine (C=N–C) groups is 1. The van der Waals surface area contributed by atoms with Crippen LogP contribution in [0.1, 0.15) is 5.56 Å². The van der Waals surface area contributed by atoms with E-state index in [-0.39, 0.29) is 11.7 Å². The molecule has 0 N–H and O–H groups in total. The summed E-state index contributed by atoms with van der Waals surface area (Å²) in [5, 5.41) is 0.768. The number of hydrogen-bond acceptors (Lipinski definition) is 5. The predicted octanol–water partition coefficient (Wildman–Crippen LogP) is 3.68. The Bertz CT molecular complexity index is 946. The maximum Gasteiger partial charge on any atom is 0.286 e. The highest BCUT2D eigenvalue weighted by atomic mass is 32.2. The van der Waals surface area contributed by atoms with Gasteiger partial charge in [-0.15, -0.1) is 0 Å². The fourth-order valence-electron chi connectivity index (χ4n) is 3.36. The van der Waals surface area contributed by atoms with E-state index in [9.17, 15) is 9.18 Å². The molecule has 2 aliphatic rings. The van der Waals surface area contributed by atoms with Gasteiger partial charge >= 0.3 is 0 Å². The zero-order chi connectivity index (χ0) is 20.4. The van der Waals surface area contributed by atoms with Gasteiger partial charge in [0.15, 0.2) is 5.17 Å². The summed E-state index contributed by atoms with van der Waals surface area (Å²) >= 11 is 1.44. The van der Waals surface area contributed by atoms with Crippen LogP contribution in [0.2, 0.25) is 0 Å². The number of piperazine rings is 1. The average Bonchev–Trinajstić information content (AvgIpc) is 3.09. The first kappa shape index (κ1) is 19.5. The summed E-state index contributed by atoms with van der Waals surface area (Å²) in [5.74, 6) is -0.402. The molecule has 2 aromatic rings. The summed E-state index contributed by atoms with van der Waals surface area (Å²) in [5.41, 5.74) is 3.13. The molecule has 0 radical (unpaired) electrons. The van der Waals surface area contributed by atoms with Crippen LogP contribution >= 0.6 is 11.8 Å². The van der Waals surface area contributed by atoms with Crippen molar-refractivity contribution in [2.24, 2.45) is 4.99 Å². The molecule has 2 heterocycles. The predicted molar refractivity (Wildman–Crippen MR) is 119 cm³/mol. The third-order valence-corrected chi connectivity index (χ3v) is 6.10. The molecule has 7 heteroatoms. The number of amides is 1. The van der Waals surface area contributed by atoms with E-state index in [2.05, 4.69) is 14.8 Å². The first-order valence-electron chi connectivity index (χ1n) is 9.55. The lowest BCUT2D eigenvalue weighted by molar-refractivity contribution is -0.113. The molecular formula is C22H23FN4OS. The van der Waals surface area contributed by atoms with Crippen LogP contribution in [0.4, 0.5) is 15.8 Å². The smallest absolute Gasteiger partial charge is 0.286 e. The number of thioether (sulfide) groups is 1. The summed E-state index contributed by atoms with van der Waals surface area (Å²) in [6.45, 7) is 3.18. The van der Waals surface area contributed by atoms with E-state index in [0.29, 0.717) is 4.91 Å². The zero-order valence-electron chi connectivity index (χ0n) is 16.5. The first-order valence-corrected chi connectivity index (χ1v) is 10.4. The normalized spacial score (nSPS) is 18.4. The van der Waals surface area contributed by atoms with E-state index in [1.165, 1.54) is 23.9 Å². The fourth-order valence-corrected chi connectivity index (χ4v) is 4.33. The molecule has 5 nitrogen and oxygen atoms in total. The van der Waals surface area contributed by atoms with Gasteiger partial charge in [0.25, 0.3) is 5.91 Å². The minimum atomic E-state index is -0.224. The van der Waals surface area contributed by atoms with Crippen molar-refractivity contribution in [2.45, 2.75) is 0 Å². The highest BCUT2D eigenvalue weighted by Crippen LogP contribution is 2.31. The van der Waals surface area contributed by atoms with Gasteiger partial charge < -0.3 is 14.7 Å². The van der Waals surface area contributed by atoms with Crippen LogP contribution in [0.5, 0.6) is 0 Å². The summed E-state index contributed by atoms with van der Waals surface area (Å²) in [6.07, 6.45) is 1.90. The molecule has 2 aromatic carbocycles. The number of anilines is 2. The van der Waals surface area contributed by atoms with E-state index in [4.69, 9.17) is 0 Å². The summed E-state index contributed by atoms with van der Waals surface area (Å²) in [4.78, 5) is 23.7. The summed E-state index contributed by atoms with van der Waals surface area (Å²) < 4.78 is 13.1. The Morgan fingerprint density at radius 2 is 1.59 bits per heavy atom. The topological polar surface area (TPSA) is 39.1 Å². The van der Waals surface area contributed by atoms with Gasteiger partial charge in [0, 0.05) is 51.6 Å². The Balaban J connectivity index is 1.38. The van der Waals surface area contributed by atoms with Crippen molar-refractivity contribution in [3.8, 4) is 0 Å². The number of hydrogen-bond donors (Lipinski definition) is 0. The van der Waals surface area contributed by atoms with Crippen LogP contribution in [-0.4, -0.2) is 56.2 Å². The zero-order valence-corrected chi connectivity index (χ0v) is 17.3. The lowest BCUT2D eigenvalue weighted by atomic mass is 10.2. The van der Waals surface area contributed by atoms with Crippen molar-refractivity contribution in [2.75, 3.05) is 50.1 Å². The van der Waals surface area contributed by atoms with Gasteiger partial charge in [0.05, 0.1) is 4.91 Å². The lowest BCUT2D eigenvalue weighted by Gasteiger charge is -2.36. The minimum absolute atomic E-state index is 0.178. The van der Waals surface area contributed by atoms with E-state index < -0.39 is 0 Å². The summed E-state index contributed by atoms with van der Waals surface area (Å²) in [6, 6.07) is 14.7. The van der Waals surface area contributed by atoms with Gasteiger partial charge in [-0.3, -0.25) is 4.79 Å². The number of amidine groups is 1. The van der Waals surface area contributed by atoms with Crippen molar-refractivity contribution in [1.82, 2.24) is 4.90 Å². The van der Waals surface area contributed by atoms with Crippen LogP contribution < -0.4 is 9.80 Å². The third-order valence-electron chi connectivity index (χ3n) is 5.06. The van der Waals surface area contributed by atoms with Crippen molar-refractivity contribution in [3.05, 3.63) is 64.8 Å². The molecule has 0 atom stereocenters. The second-order valence-electron chi connectivity index (χ2n) is 7.25. The molecule has 0 unspecified atom stereocenters. The van der Waals surface area contributed by atoms with Crippen molar-refractivity contribution >= 4 is 40.3 Å². The van der Waals surface area contributed by atoms with Crippen molar-refractivity contribution in [1.29, 1.82) is 0 Å². The Labute approximate surface area is 174 Å². The molecule has 0 aliphatic carbocycles. The maximum atomic E-state index is 13.1. The number of rotatable bonds is 3. The van der Waals surface area contributed by atoms with Crippen molar-refractivity contribution in [3.63, 3.8) is 0 Å². The SMILES string of the molecule is CN(C)c1ccc(/C=C2/SC(N3CCN(c4ccc(F)cc4)CC3)=NC2=O)cc1. The maximum absolute atomic E-state index is 13.1. The van der Waals surface area contributed by atoms with Gasteiger partial charge in [-0.25, -0.2) is 4.39 Å². The molecule has 0 bridgehead atoms. The highest BCUT2D eigenvalue weighted by Gasteiger charge is 2.28. The molecular weight excluding hydrogens is 387 g/mol. The molecule has 0 spiro atoms. The second kappa shape index (κ2) is 8.29. The molecule has 29 heavy (non-hydrogen) atoms. The average molecular weight is 411 g/mol. The Kier molecular flexibility index (Phi) is 5.58. The number of carbonyl (C=O) groups excluding carboxylic acids is 1. The van der Waals surface area contributed by atoms with Gasteiger partial charge in [-0.2, -0.15) is 4.99 Å². The monoisotopic (exact) mass is 410 g/mol. The van der Waals surface area contributed by atoms with E-state index >= 15 is 0 Å². The molecule has 2 aliphatic heterocycles. The first-order chi connectivity index (χ1) is 14.0. The molecule has 0 aromatic heterocycles. The standard InChI is InChI=1S/C22H23FN4OS/c1-25(2)18-7-3-16(4-8-18)15-20-21(28)24-22(29-20)27-13-11-26(12-14-27)19-9-5-17(23)6-10-19/h3-10,15H,11-14H2,1-2H3/b20-15+. The molecule has 1 saturated heterocycles. The highest BCUT2D eigenvalue weighted by molar-refractivity contribution is 8.18. The van der Waals surface area contributed by atoms with E-state index in [0.717, 1.165) is 48.3 Å². The van der Waals surface area contributed by atoms with Crippen LogP contribution in [0, 0.1) is 5.82 Å². The van der Waals surface area contributed by atoms with Gasteiger partial charge in [0.1, 0.15) is 5.82 Å². The largest absolute Gasteiger partial charge is 0.378 e. The Morgan fingerprint density at radius 3 is 2.21 bits per heavy atom. The van der Waals surface area contributed by atoms with E-state index in [1.807, 2.05) is 49.3 Å². The molecule has 0 saturated carbocycles. The fraction of sp³-hybridized carbons (Fsp3) is 0.273. The number of halogens is 1. The van der Waals surface area contributed by atoms with Gasteiger partial charge in [-0.1, -0.05) is 12.1 Å². The van der Waals surface area contributed by atoms with Crippen LogP contribution in [0.15, 0.2) is 58.4 Å². The molecule has 1 fully saturated rings. The van der Waals surface area contributed by atoms with Crippen LogP contribution in [-0.2, 0) is 4.79 Å². The minimum Gasteiger partial charge on any atom is -0.378 e. The van der Waals surface area contributed by atoms with Gasteiger partial charge in [0.2, 0.25) is 0 Å². The second-order valence-corrected chi connectivity index (χ2v) is 8.26. The molecule has 150 valence electrons.